The van der Waals surface area contributed by atoms with E-state index < -0.39 is 0 Å². The van der Waals surface area contributed by atoms with E-state index in [4.69, 9.17) is 15.8 Å². The van der Waals surface area contributed by atoms with Crippen LogP contribution in [0.25, 0.3) is 44.4 Å². The Morgan fingerprint density at radius 2 is 1.86 bits per heavy atom. The summed E-state index contributed by atoms with van der Waals surface area (Å²) in [6.45, 7) is 2.44. The molecule has 0 amide bonds. The predicted octanol–water partition coefficient (Wildman–Crippen LogP) is 6.35. The average Bonchev–Trinajstić information content (AvgIpc) is 3.42. The van der Waals surface area contributed by atoms with Crippen LogP contribution in [0.1, 0.15) is 11.3 Å². The summed E-state index contributed by atoms with van der Waals surface area (Å²) in [5.74, 6) is 3.50. The number of furan rings is 1. The first kappa shape index (κ1) is 22.1. The van der Waals surface area contributed by atoms with Gasteiger partial charge >= 0.3 is 0 Å². The predicted molar refractivity (Wildman–Crippen MR) is 147 cm³/mol. The molecule has 6 rings (SSSR count). The topological polar surface area (TPSA) is 65.3 Å². The fraction of sp³-hybridized carbons (Fsp3) is 0.0690. The molecule has 0 fully saturated rings. The summed E-state index contributed by atoms with van der Waals surface area (Å²) in [6.07, 6.45) is 7.32. The molecule has 0 bridgehead atoms. The van der Waals surface area contributed by atoms with Gasteiger partial charge in [-0.05, 0) is 49.4 Å². The summed E-state index contributed by atoms with van der Waals surface area (Å²) < 4.78 is 10.4. The lowest BCUT2D eigenvalue weighted by molar-refractivity contribution is 0.616. The Balaban J connectivity index is 1.59. The Kier molecular flexibility index (Phi) is 5.32. The second kappa shape index (κ2) is 8.67. The number of benzene rings is 3. The van der Waals surface area contributed by atoms with Crippen LogP contribution in [-0.4, -0.2) is 20.4 Å². The number of fused-ring (bicyclic) bond motifs is 3. The Labute approximate surface area is 214 Å². The summed E-state index contributed by atoms with van der Waals surface area (Å²) in [5, 5.41) is 7.03. The Hall–Kier alpha value is -4.41. The third-order valence-corrected chi connectivity index (χ3v) is 6.78. The van der Waals surface area contributed by atoms with Crippen molar-refractivity contribution >= 4 is 54.9 Å². The lowest BCUT2D eigenvalue weighted by atomic mass is 10.1. The van der Waals surface area contributed by atoms with Crippen molar-refractivity contribution in [1.82, 2.24) is 14.2 Å². The molecular weight excluding hydrogens is 516 g/mol. The first-order valence-electron chi connectivity index (χ1n) is 11.3. The van der Waals surface area contributed by atoms with Gasteiger partial charge in [-0.25, -0.2) is 4.98 Å². The molecule has 0 spiro atoms. The van der Waals surface area contributed by atoms with Gasteiger partial charge in [-0.1, -0.05) is 52.2 Å². The number of halogens is 1. The lowest BCUT2D eigenvalue weighted by Gasteiger charge is -2.07. The number of nitrogens with zero attached hydrogens (tertiary/aromatic N) is 4. The molecule has 6 nitrogen and oxygen atoms in total. The number of terminal acetylenes is 1. The molecule has 0 aliphatic rings. The second-order valence-electron chi connectivity index (χ2n) is 8.41. The summed E-state index contributed by atoms with van der Waals surface area (Å²) in [6, 6.07) is 22.8. The first-order valence-corrected chi connectivity index (χ1v) is 12.1. The number of hydrogen-bond acceptors (Lipinski definition) is 4. The highest BCUT2D eigenvalue weighted by molar-refractivity contribution is 9.10. The molecule has 0 aliphatic carbocycles. The third-order valence-electron chi connectivity index (χ3n) is 6.28. The molecule has 0 saturated carbocycles. The molecule has 7 heteroatoms. The number of hydrogen-bond donors (Lipinski definition) is 0. The van der Waals surface area contributed by atoms with Gasteiger partial charge in [0.2, 0.25) is 5.82 Å². The van der Waals surface area contributed by atoms with Crippen molar-refractivity contribution in [3.8, 4) is 23.9 Å². The molecular formula is C29H19BrN4O2. The van der Waals surface area contributed by atoms with Gasteiger partial charge in [-0.3, -0.25) is 4.79 Å². The maximum absolute atomic E-state index is 13.6. The van der Waals surface area contributed by atoms with E-state index in [1.165, 1.54) is 4.68 Å². The van der Waals surface area contributed by atoms with Crippen molar-refractivity contribution in [2.75, 3.05) is 0 Å². The van der Waals surface area contributed by atoms with Gasteiger partial charge in [0.25, 0.3) is 5.56 Å². The quantitative estimate of drug-likeness (QED) is 0.195. The van der Waals surface area contributed by atoms with Crippen LogP contribution in [0.15, 0.2) is 91.6 Å². The van der Waals surface area contributed by atoms with Crippen LogP contribution in [0, 0.1) is 19.3 Å². The van der Waals surface area contributed by atoms with Gasteiger partial charge < -0.3 is 8.98 Å². The van der Waals surface area contributed by atoms with E-state index in [1.807, 2.05) is 73.7 Å². The van der Waals surface area contributed by atoms with E-state index >= 15 is 0 Å². The molecule has 3 aromatic heterocycles. The highest BCUT2D eigenvalue weighted by Crippen LogP contribution is 2.29. The third kappa shape index (κ3) is 3.55. The van der Waals surface area contributed by atoms with Gasteiger partial charge in [0.1, 0.15) is 5.58 Å². The summed E-state index contributed by atoms with van der Waals surface area (Å²) >= 11 is 3.50. The van der Waals surface area contributed by atoms with Crippen molar-refractivity contribution in [3.05, 3.63) is 98.9 Å². The lowest BCUT2D eigenvalue weighted by Crippen LogP contribution is -2.20. The maximum Gasteiger partial charge on any atom is 0.282 e. The molecule has 0 aliphatic heterocycles. The van der Waals surface area contributed by atoms with Gasteiger partial charge in [0, 0.05) is 32.0 Å². The minimum atomic E-state index is -0.279. The molecule has 0 saturated heterocycles. The van der Waals surface area contributed by atoms with Crippen LogP contribution in [-0.2, 0) is 6.54 Å². The normalized spacial score (nSPS) is 11.7. The van der Waals surface area contributed by atoms with E-state index in [9.17, 15) is 4.79 Å². The van der Waals surface area contributed by atoms with Crippen LogP contribution in [0.4, 0.5) is 0 Å². The molecule has 3 heterocycles. The average molecular weight is 535 g/mol. The molecule has 0 unspecified atom stereocenters. The number of para-hydroxylation sites is 2. The van der Waals surface area contributed by atoms with Gasteiger partial charge in [0.05, 0.1) is 23.7 Å². The molecule has 0 radical (unpaired) electrons. The highest BCUT2D eigenvalue weighted by atomic mass is 79.9. The van der Waals surface area contributed by atoms with E-state index in [0.29, 0.717) is 34.6 Å². The first-order chi connectivity index (χ1) is 17.5. The van der Waals surface area contributed by atoms with E-state index in [-0.39, 0.29) is 5.56 Å². The van der Waals surface area contributed by atoms with E-state index in [0.717, 1.165) is 32.0 Å². The standard InChI is InChI=1S/C29H19BrN4O2/c1-3-14-33-18(2)23(21-8-5-7-11-25(21)33)17-31-34-28(32-24-10-6-4-9-22(24)29(34)35)27-16-19-15-20(30)12-13-26(19)36-27/h1,4-13,15-17H,14H2,2H3. The monoisotopic (exact) mass is 534 g/mol. The van der Waals surface area contributed by atoms with Crippen molar-refractivity contribution in [1.29, 1.82) is 0 Å². The van der Waals surface area contributed by atoms with Crippen molar-refractivity contribution < 1.29 is 4.42 Å². The van der Waals surface area contributed by atoms with Gasteiger partial charge in [-0.2, -0.15) is 9.78 Å². The van der Waals surface area contributed by atoms with Crippen LogP contribution in [0.2, 0.25) is 0 Å². The SMILES string of the molecule is C#CCn1c(C)c(C=Nn2c(-c3cc4cc(Br)ccc4o3)nc3ccccc3c2=O)c2ccccc21. The molecule has 174 valence electrons. The maximum atomic E-state index is 13.6. The molecule has 0 N–H and O–H groups in total. The molecule has 36 heavy (non-hydrogen) atoms. The Morgan fingerprint density at radius 3 is 2.69 bits per heavy atom. The van der Waals surface area contributed by atoms with E-state index in [2.05, 4.69) is 31.5 Å². The molecule has 0 atom stereocenters. The smallest absolute Gasteiger partial charge is 0.282 e. The summed E-state index contributed by atoms with van der Waals surface area (Å²) in [4.78, 5) is 18.4. The second-order valence-corrected chi connectivity index (χ2v) is 9.33. The van der Waals surface area contributed by atoms with Crippen LogP contribution >= 0.6 is 15.9 Å². The number of rotatable bonds is 4. The zero-order valence-electron chi connectivity index (χ0n) is 19.3. The van der Waals surface area contributed by atoms with Crippen LogP contribution < -0.4 is 5.56 Å². The van der Waals surface area contributed by atoms with Crippen molar-refractivity contribution in [2.45, 2.75) is 13.5 Å². The minimum Gasteiger partial charge on any atom is -0.453 e. The zero-order chi connectivity index (χ0) is 24.8. The zero-order valence-corrected chi connectivity index (χ0v) is 20.9. The molecule has 3 aromatic carbocycles. The number of aromatic nitrogens is 3. The fourth-order valence-corrected chi connectivity index (χ4v) is 4.92. The van der Waals surface area contributed by atoms with Gasteiger partial charge in [-0.15, -0.1) is 6.42 Å². The highest BCUT2D eigenvalue weighted by Gasteiger charge is 2.17. The van der Waals surface area contributed by atoms with Crippen molar-refractivity contribution in [2.24, 2.45) is 5.10 Å². The minimum absolute atomic E-state index is 0.279. The van der Waals surface area contributed by atoms with Crippen molar-refractivity contribution in [3.63, 3.8) is 0 Å². The fourth-order valence-electron chi connectivity index (χ4n) is 4.55. The summed E-state index contributed by atoms with van der Waals surface area (Å²) in [7, 11) is 0. The summed E-state index contributed by atoms with van der Waals surface area (Å²) in [5.41, 5.74) is 3.86. The van der Waals surface area contributed by atoms with E-state index in [1.54, 1.807) is 12.3 Å². The molecule has 6 aromatic rings. The Bertz CT molecular complexity index is 1940. The Morgan fingerprint density at radius 1 is 1.08 bits per heavy atom. The largest absolute Gasteiger partial charge is 0.453 e. The van der Waals surface area contributed by atoms with Crippen LogP contribution in [0.5, 0.6) is 0 Å². The van der Waals surface area contributed by atoms with Crippen LogP contribution in [0.3, 0.4) is 0 Å². The van der Waals surface area contributed by atoms with Gasteiger partial charge in [0.15, 0.2) is 5.76 Å².